The zero-order chi connectivity index (χ0) is 15.1. The molecular weight excluding hydrogens is 266 g/mol. The fourth-order valence-corrected chi connectivity index (χ4v) is 2.48. The Bertz CT molecular complexity index is 459. The minimum atomic E-state index is 0.210. The first-order chi connectivity index (χ1) is 10.2. The second-order valence-electron chi connectivity index (χ2n) is 5.44. The smallest absolute Gasteiger partial charge is 0.222 e. The second kappa shape index (κ2) is 7.98. The van der Waals surface area contributed by atoms with Gasteiger partial charge in [0.15, 0.2) is 0 Å². The number of pyridine rings is 1. The summed E-state index contributed by atoms with van der Waals surface area (Å²) in [6.45, 7) is 6.19. The standard InChI is InChI=1S/C16H25N3O2/c1-3-8-18(2)16(20)5-4-14-6-7-17-15(13-14)19-9-11-21-12-10-19/h6-7,13H,3-5,8-12H2,1-2H3. The minimum absolute atomic E-state index is 0.210. The molecule has 1 aliphatic rings. The van der Waals surface area contributed by atoms with Crippen LogP contribution in [0.5, 0.6) is 0 Å². The number of aryl methyl sites for hydroxylation is 1. The molecule has 0 saturated carbocycles. The van der Waals surface area contributed by atoms with E-state index >= 15 is 0 Å². The maximum Gasteiger partial charge on any atom is 0.222 e. The first-order valence-corrected chi connectivity index (χ1v) is 7.72. The van der Waals surface area contributed by atoms with Crippen molar-refractivity contribution in [3.05, 3.63) is 23.9 Å². The third-order valence-corrected chi connectivity index (χ3v) is 3.76. The Kier molecular flexibility index (Phi) is 5.99. The Morgan fingerprint density at radius 1 is 1.43 bits per heavy atom. The number of morpholine rings is 1. The van der Waals surface area contributed by atoms with E-state index in [9.17, 15) is 4.79 Å². The summed E-state index contributed by atoms with van der Waals surface area (Å²) < 4.78 is 5.36. The molecule has 1 saturated heterocycles. The molecule has 21 heavy (non-hydrogen) atoms. The van der Waals surface area contributed by atoms with Crippen LogP contribution in [-0.4, -0.2) is 55.7 Å². The molecule has 0 atom stereocenters. The van der Waals surface area contributed by atoms with Crippen LogP contribution in [0.25, 0.3) is 0 Å². The maximum absolute atomic E-state index is 12.0. The Morgan fingerprint density at radius 2 is 2.19 bits per heavy atom. The summed E-state index contributed by atoms with van der Waals surface area (Å²) in [6.07, 6.45) is 4.16. The molecule has 5 heteroatoms. The zero-order valence-corrected chi connectivity index (χ0v) is 13.0. The van der Waals surface area contributed by atoms with Crippen LogP contribution >= 0.6 is 0 Å². The SMILES string of the molecule is CCCN(C)C(=O)CCc1ccnc(N2CCOCC2)c1. The van der Waals surface area contributed by atoms with Gasteiger partial charge in [0.2, 0.25) is 5.91 Å². The highest BCUT2D eigenvalue weighted by atomic mass is 16.5. The molecule has 1 aromatic heterocycles. The molecule has 0 bridgehead atoms. The zero-order valence-electron chi connectivity index (χ0n) is 13.0. The first kappa shape index (κ1) is 15.8. The van der Waals surface area contributed by atoms with Crippen molar-refractivity contribution in [3.63, 3.8) is 0 Å². The normalized spacial score (nSPS) is 15.0. The molecule has 2 heterocycles. The summed E-state index contributed by atoms with van der Waals surface area (Å²) in [4.78, 5) is 20.4. The van der Waals surface area contributed by atoms with Crippen molar-refractivity contribution in [2.45, 2.75) is 26.2 Å². The van der Waals surface area contributed by atoms with E-state index in [0.717, 1.165) is 51.5 Å². The van der Waals surface area contributed by atoms with Crippen molar-refractivity contribution in [1.29, 1.82) is 0 Å². The third kappa shape index (κ3) is 4.70. The van der Waals surface area contributed by atoms with E-state index in [1.165, 1.54) is 5.56 Å². The number of hydrogen-bond acceptors (Lipinski definition) is 4. The molecule has 0 aliphatic carbocycles. The summed E-state index contributed by atoms with van der Waals surface area (Å²) in [5, 5.41) is 0. The van der Waals surface area contributed by atoms with E-state index in [2.05, 4.69) is 22.9 Å². The largest absolute Gasteiger partial charge is 0.378 e. The molecule has 116 valence electrons. The molecule has 0 spiro atoms. The Morgan fingerprint density at radius 3 is 2.90 bits per heavy atom. The van der Waals surface area contributed by atoms with Crippen LogP contribution in [-0.2, 0) is 16.0 Å². The van der Waals surface area contributed by atoms with E-state index in [0.29, 0.717) is 6.42 Å². The fourth-order valence-electron chi connectivity index (χ4n) is 2.48. The Labute approximate surface area is 126 Å². The van der Waals surface area contributed by atoms with Crippen molar-refractivity contribution in [2.24, 2.45) is 0 Å². The molecule has 0 unspecified atom stereocenters. The molecular formula is C16H25N3O2. The highest BCUT2D eigenvalue weighted by molar-refractivity contribution is 5.76. The molecule has 0 radical (unpaired) electrons. The lowest BCUT2D eigenvalue weighted by Crippen LogP contribution is -2.36. The lowest BCUT2D eigenvalue weighted by molar-refractivity contribution is -0.129. The van der Waals surface area contributed by atoms with Gasteiger partial charge >= 0.3 is 0 Å². The van der Waals surface area contributed by atoms with Gasteiger partial charge in [0.25, 0.3) is 0 Å². The molecule has 1 aliphatic heterocycles. The van der Waals surface area contributed by atoms with Gasteiger partial charge in [0.1, 0.15) is 5.82 Å². The first-order valence-electron chi connectivity index (χ1n) is 7.72. The Hall–Kier alpha value is -1.62. The summed E-state index contributed by atoms with van der Waals surface area (Å²) >= 11 is 0. The molecule has 1 aromatic rings. The van der Waals surface area contributed by atoms with Gasteiger partial charge in [-0.2, -0.15) is 0 Å². The lowest BCUT2D eigenvalue weighted by atomic mass is 10.1. The van der Waals surface area contributed by atoms with Crippen LogP contribution in [0.3, 0.4) is 0 Å². The molecule has 1 fully saturated rings. The highest BCUT2D eigenvalue weighted by Crippen LogP contribution is 2.15. The summed E-state index contributed by atoms with van der Waals surface area (Å²) in [6, 6.07) is 4.09. The van der Waals surface area contributed by atoms with Gasteiger partial charge in [-0.05, 0) is 30.5 Å². The van der Waals surface area contributed by atoms with Crippen LogP contribution in [0.4, 0.5) is 5.82 Å². The van der Waals surface area contributed by atoms with E-state index < -0.39 is 0 Å². The monoisotopic (exact) mass is 291 g/mol. The van der Waals surface area contributed by atoms with Crippen molar-refractivity contribution in [1.82, 2.24) is 9.88 Å². The number of hydrogen-bond donors (Lipinski definition) is 0. The quantitative estimate of drug-likeness (QED) is 0.800. The number of nitrogens with zero attached hydrogens (tertiary/aromatic N) is 3. The van der Waals surface area contributed by atoms with Gasteiger partial charge in [-0.3, -0.25) is 4.79 Å². The van der Waals surface area contributed by atoms with E-state index in [4.69, 9.17) is 4.74 Å². The van der Waals surface area contributed by atoms with Gasteiger partial charge < -0.3 is 14.5 Å². The molecule has 0 N–H and O–H groups in total. The predicted octanol–water partition coefficient (Wildman–Crippen LogP) is 1.72. The number of carbonyl (C=O) groups excluding carboxylic acids is 1. The van der Waals surface area contributed by atoms with E-state index in [1.54, 1.807) is 0 Å². The third-order valence-electron chi connectivity index (χ3n) is 3.76. The topological polar surface area (TPSA) is 45.7 Å². The molecule has 2 rings (SSSR count). The van der Waals surface area contributed by atoms with Crippen molar-refractivity contribution < 1.29 is 9.53 Å². The Balaban J connectivity index is 1.90. The maximum atomic E-state index is 12.0. The van der Waals surface area contributed by atoms with Crippen LogP contribution in [0.15, 0.2) is 18.3 Å². The van der Waals surface area contributed by atoms with Crippen molar-refractivity contribution >= 4 is 11.7 Å². The van der Waals surface area contributed by atoms with Crippen LogP contribution in [0, 0.1) is 0 Å². The molecule has 1 amide bonds. The average molecular weight is 291 g/mol. The summed E-state index contributed by atoms with van der Waals surface area (Å²) in [7, 11) is 1.87. The van der Waals surface area contributed by atoms with Crippen LogP contribution in [0.2, 0.25) is 0 Å². The second-order valence-corrected chi connectivity index (χ2v) is 5.44. The number of amides is 1. The van der Waals surface area contributed by atoms with E-state index in [1.807, 2.05) is 24.2 Å². The van der Waals surface area contributed by atoms with Gasteiger partial charge in [0, 0.05) is 39.3 Å². The van der Waals surface area contributed by atoms with Gasteiger partial charge in [0.05, 0.1) is 13.2 Å². The predicted molar refractivity (Wildman–Crippen MR) is 83.5 cm³/mol. The number of aromatic nitrogens is 1. The van der Waals surface area contributed by atoms with E-state index in [-0.39, 0.29) is 5.91 Å². The average Bonchev–Trinajstić information content (AvgIpc) is 2.54. The minimum Gasteiger partial charge on any atom is -0.378 e. The highest BCUT2D eigenvalue weighted by Gasteiger charge is 2.13. The molecule has 0 aromatic carbocycles. The fraction of sp³-hybridized carbons (Fsp3) is 0.625. The van der Waals surface area contributed by atoms with Crippen molar-refractivity contribution in [3.8, 4) is 0 Å². The van der Waals surface area contributed by atoms with Gasteiger partial charge in [-0.25, -0.2) is 4.98 Å². The van der Waals surface area contributed by atoms with Gasteiger partial charge in [-0.1, -0.05) is 6.92 Å². The van der Waals surface area contributed by atoms with Crippen molar-refractivity contribution in [2.75, 3.05) is 44.8 Å². The molecule has 5 nitrogen and oxygen atoms in total. The van der Waals surface area contributed by atoms with Crippen LogP contribution < -0.4 is 4.90 Å². The number of carbonyl (C=O) groups is 1. The number of ether oxygens (including phenoxy) is 1. The number of anilines is 1. The van der Waals surface area contributed by atoms with Crippen LogP contribution in [0.1, 0.15) is 25.3 Å². The lowest BCUT2D eigenvalue weighted by Gasteiger charge is -2.28. The summed E-state index contributed by atoms with van der Waals surface area (Å²) in [5.74, 6) is 1.20. The number of rotatable bonds is 6. The summed E-state index contributed by atoms with van der Waals surface area (Å²) in [5.41, 5.74) is 1.17. The van der Waals surface area contributed by atoms with Gasteiger partial charge in [-0.15, -0.1) is 0 Å².